The first-order valence-corrected chi connectivity index (χ1v) is 7.42. The van der Waals surface area contributed by atoms with Crippen LogP contribution in [0.2, 0.25) is 0 Å². The van der Waals surface area contributed by atoms with Gasteiger partial charge in [0, 0.05) is 5.56 Å². The van der Waals surface area contributed by atoms with Crippen LogP contribution in [-0.4, -0.2) is 14.2 Å². The van der Waals surface area contributed by atoms with Crippen LogP contribution in [0.1, 0.15) is 22.1 Å². The highest BCUT2D eigenvalue weighted by atomic mass is 79.9. The molecule has 0 aliphatic heterocycles. The van der Waals surface area contributed by atoms with E-state index in [0.717, 1.165) is 21.3 Å². The summed E-state index contributed by atoms with van der Waals surface area (Å²) in [6.45, 7) is 2.05. The van der Waals surface area contributed by atoms with E-state index in [0.29, 0.717) is 5.75 Å². The maximum absolute atomic E-state index is 6.61. The molecule has 0 amide bonds. The molecule has 1 unspecified atom stereocenters. The molecule has 0 radical (unpaired) electrons. The van der Waals surface area contributed by atoms with Crippen molar-refractivity contribution in [2.75, 3.05) is 14.2 Å². The molecule has 20 heavy (non-hydrogen) atoms. The number of aryl methyl sites for hydroxylation is 1. The second kappa shape index (κ2) is 6.51. The molecule has 0 saturated heterocycles. The number of rotatable bonds is 4. The fraction of sp³-hybridized carbons (Fsp3) is 0.250. The molecule has 0 spiro atoms. The maximum atomic E-state index is 6.61. The van der Waals surface area contributed by atoms with Gasteiger partial charge in [0.15, 0.2) is 0 Å². The molecule has 2 aromatic carbocycles. The lowest BCUT2D eigenvalue weighted by Crippen LogP contribution is -2.00. The third kappa shape index (κ3) is 2.94. The minimum absolute atomic E-state index is 0.271. The normalized spacial score (nSPS) is 12.1. The summed E-state index contributed by atoms with van der Waals surface area (Å²) in [4.78, 5) is 0. The lowest BCUT2D eigenvalue weighted by atomic mass is 10.0. The highest BCUT2D eigenvalue weighted by Gasteiger charge is 2.20. The SMILES string of the molecule is COc1ccc(C(Cl)c2cccc(C)c2)c(OC)c1Br. The average Bonchev–Trinajstić information content (AvgIpc) is 2.46. The Morgan fingerprint density at radius 1 is 1.10 bits per heavy atom. The van der Waals surface area contributed by atoms with Crippen LogP contribution >= 0.6 is 27.5 Å². The fourth-order valence-electron chi connectivity index (χ4n) is 2.12. The fourth-order valence-corrected chi connectivity index (χ4v) is 3.12. The van der Waals surface area contributed by atoms with Crippen LogP contribution in [0.15, 0.2) is 40.9 Å². The largest absolute Gasteiger partial charge is 0.495 e. The quantitative estimate of drug-likeness (QED) is 0.710. The highest BCUT2D eigenvalue weighted by molar-refractivity contribution is 9.10. The Hall–Kier alpha value is -1.19. The molecule has 0 N–H and O–H groups in total. The molecule has 2 rings (SSSR count). The second-order valence-electron chi connectivity index (χ2n) is 4.48. The van der Waals surface area contributed by atoms with Gasteiger partial charge in [0.2, 0.25) is 0 Å². The zero-order valence-corrected chi connectivity index (χ0v) is 14.0. The summed E-state index contributed by atoms with van der Waals surface area (Å²) < 4.78 is 11.5. The summed E-state index contributed by atoms with van der Waals surface area (Å²) in [5.41, 5.74) is 3.13. The monoisotopic (exact) mass is 354 g/mol. The molecule has 0 aliphatic carbocycles. The van der Waals surface area contributed by atoms with Gasteiger partial charge in [-0.15, -0.1) is 11.6 Å². The molecule has 106 valence electrons. The van der Waals surface area contributed by atoms with Crippen molar-refractivity contribution in [2.24, 2.45) is 0 Å². The van der Waals surface area contributed by atoms with Crippen LogP contribution in [0.3, 0.4) is 0 Å². The van der Waals surface area contributed by atoms with Crippen LogP contribution in [0.5, 0.6) is 11.5 Å². The van der Waals surface area contributed by atoms with Crippen molar-refractivity contribution in [2.45, 2.75) is 12.3 Å². The van der Waals surface area contributed by atoms with Gasteiger partial charge in [-0.25, -0.2) is 0 Å². The van der Waals surface area contributed by atoms with E-state index < -0.39 is 0 Å². The number of hydrogen-bond donors (Lipinski definition) is 0. The van der Waals surface area contributed by atoms with Crippen molar-refractivity contribution in [3.8, 4) is 11.5 Å². The predicted molar refractivity (Wildman–Crippen MR) is 86.1 cm³/mol. The zero-order chi connectivity index (χ0) is 14.7. The summed E-state index contributed by atoms with van der Waals surface area (Å²) in [5, 5.41) is -0.271. The molecule has 2 aromatic rings. The topological polar surface area (TPSA) is 18.5 Å². The van der Waals surface area contributed by atoms with E-state index in [1.165, 1.54) is 5.56 Å². The van der Waals surface area contributed by atoms with Crippen molar-refractivity contribution in [3.05, 3.63) is 57.6 Å². The molecule has 0 saturated carbocycles. The van der Waals surface area contributed by atoms with E-state index in [4.69, 9.17) is 21.1 Å². The summed E-state index contributed by atoms with van der Waals surface area (Å²) in [6, 6.07) is 12.0. The molecule has 4 heteroatoms. The van der Waals surface area contributed by atoms with Crippen molar-refractivity contribution >= 4 is 27.5 Å². The molecule has 0 aliphatic rings. The Morgan fingerprint density at radius 3 is 2.45 bits per heavy atom. The Morgan fingerprint density at radius 2 is 1.85 bits per heavy atom. The maximum Gasteiger partial charge on any atom is 0.141 e. The number of ether oxygens (including phenoxy) is 2. The lowest BCUT2D eigenvalue weighted by Gasteiger charge is -2.17. The standard InChI is InChI=1S/C16H16BrClO2/c1-10-5-4-6-11(9-10)15(18)12-7-8-13(19-2)14(17)16(12)20-3/h4-9,15H,1-3H3. The second-order valence-corrected chi connectivity index (χ2v) is 5.71. The molecule has 0 bridgehead atoms. The van der Waals surface area contributed by atoms with E-state index in [1.54, 1.807) is 14.2 Å². The van der Waals surface area contributed by atoms with Gasteiger partial charge in [0.05, 0.1) is 19.6 Å². The Balaban J connectivity index is 2.49. The molecule has 0 fully saturated rings. The van der Waals surface area contributed by atoms with Gasteiger partial charge < -0.3 is 9.47 Å². The van der Waals surface area contributed by atoms with Crippen LogP contribution in [0, 0.1) is 6.92 Å². The lowest BCUT2D eigenvalue weighted by molar-refractivity contribution is 0.386. The van der Waals surface area contributed by atoms with Gasteiger partial charge in [-0.2, -0.15) is 0 Å². The zero-order valence-electron chi connectivity index (χ0n) is 11.6. The van der Waals surface area contributed by atoms with Gasteiger partial charge >= 0.3 is 0 Å². The Labute approximate surface area is 132 Å². The molecule has 0 heterocycles. The van der Waals surface area contributed by atoms with Gasteiger partial charge in [-0.1, -0.05) is 29.8 Å². The predicted octanol–water partition coefficient (Wildman–Crippen LogP) is 5.10. The Kier molecular flexibility index (Phi) is 4.95. The highest BCUT2D eigenvalue weighted by Crippen LogP contribution is 2.43. The third-order valence-electron chi connectivity index (χ3n) is 3.12. The first-order chi connectivity index (χ1) is 9.58. The minimum Gasteiger partial charge on any atom is -0.495 e. The summed E-state index contributed by atoms with van der Waals surface area (Å²) in [6.07, 6.45) is 0. The van der Waals surface area contributed by atoms with Gasteiger partial charge in [-0.3, -0.25) is 0 Å². The van der Waals surface area contributed by atoms with Gasteiger partial charge in [0.1, 0.15) is 16.0 Å². The molecular weight excluding hydrogens is 340 g/mol. The molecule has 0 aromatic heterocycles. The van der Waals surface area contributed by atoms with Gasteiger partial charge in [0.25, 0.3) is 0 Å². The van der Waals surface area contributed by atoms with E-state index in [9.17, 15) is 0 Å². The Bertz CT molecular complexity index is 613. The van der Waals surface area contributed by atoms with E-state index in [2.05, 4.69) is 22.0 Å². The van der Waals surface area contributed by atoms with Gasteiger partial charge in [-0.05, 0) is 40.5 Å². The van der Waals surface area contributed by atoms with Crippen molar-refractivity contribution in [3.63, 3.8) is 0 Å². The minimum atomic E-state index is -0.271. The van der Waals surface area contributed by atoms with Crippen LogP contribution in [-0.2, 0) is 0 Å². The molecular formula is C16H16BrClO2. The third-order valence-corrected chi connectivity index (χ3v) is 4.36. The van der Waals surface area contributed by atoms with Crippen LogP contribution < -0.4 is 9.47 Å². The first-order valence-electron chi connectivity index (χ1n) is 6.19. The summed E-state index contributed by atoms with van der Waals surface area (Å²) >= 11 is 10.1. The first kappa shape index (κ1) is 15.2. The average molecular weight is 356 g/mol. The van der Waals surface area contributed by atoms with Crippen molar-refractivity contribution in [1.29, 1.82) is 0 Å². The molecule has 2 nitrogen and oxygen atoms in total. The number of methoxy groups -OCH3 is 2. The summed E-state index contributed by atoms with van der Waals surface area (Å²) in [5.74, 6) is 1.42. The van der Waals surface area contributed by atoms with E-state index in [1.807, 2.05) is 37.3 Å². The van der Waals surface area contributed by atoms with Crippen LogP contribution in [0.25, 0.3) is 0 Å². The number of hydrogen-bond acceptors (Lipinski definition) is 2. The molecule has 1 atom stereocenters. The van der Waals surface area contributed by atoms with Crippen molar-refractivity contribution in [1.82, 2.24) is 0 Å². The van der Waals surface area contributed by atoms with E-state index in [-0.39, 0.29) is 5.38 Å². The van der Waals surface area contributed by atoms with Crippen molar-refractivity contribution < 1.29 is 9.47 Å². The smallest absolute Gasteiger partial charge is 0.141 e. The van der Waals surface area contributed by atoms with Crippen LogP contribution in [0.4, 0.5) is 0 Å². The number of halogens is 2. The number of benzene rings is 2. The van der Waals surface area contributed by atoms with E-state index >= 15 is 0 Å². The number of alkyl halides is 1. The summed E-state index contributed by atoms with van der Waals surface area (Å²) in [7, 11) is 3.25.